The van der Waals surface area contributed by atoms with E-state index in [0.717, 1.165) is 24.2 Å². The molecule has 20 heavy (non-hydrogen) atoms. The number of nitrogens with one attached hydrogen (secondary N) is 1. The van der Waals surface area contributed by atoms with Gasteiger partial charge in [-0.25, -0.2) is 0 Å². The minimum absolute atomic E-state index is 0.405. The van der Waals surface area contributed by atoms with Crippen molar-refractivity contribution < 1.29 is 4.79 Å². The zero-order valence-electron chi connectivity index (χ0n) is 11.4. The van der Waals surface area contributed by atoms with Crippen LogP contribution in [0.4, 0.5) is 11.4 Å². The number of fused-ring (bicyclic) bond motifs is 1. The summed E-state index contributed by atoms with van der Waals surface area (Å²) in [5.41, 5.74) is 10.6. The summed E-state index contributed by atoms with van der Waals surface area (Å²) in [6.45, 7) is 0. The van der Waals surface area contributed by atoms with E-state index >= 15 is 0 Å². The van der Waals surface area contributed by atoms with Crippen molar-refractivity contribution in [3.8, 4) is 0 Å². The number of primary amides is 1. The topological polar surface area (TPSA) is 55.1 Å². The number of benzene rings is 2. The molecule has 0 aliphatic heterocycles. The van der Waals surface area contributed by atoms with Crippen molar-refractivity contribution in [3.05, 3.63) is 59.2 Å². The number of para-hydroxylation sites is 1. The maximum Gasteiger partial charge on any atom is 0.250 e. The number of aryl methyl sites for hydroxylation is 1. The number of carbonyl (C=O) groups is 1. The summed E-state index contributed by atoms with van der Waals surface area (Å²) >= 11 is 0. The van der Waals surface area contributed by atoms with Crippen LogP contribution in [0.1, 0.15) is 34.3 Å². The normalized spacial score (nSPS) is 13.6. The SMILES string of the molecule is NC(=O)c1ccccc1Nc1cccc2c1CCCC2. The monoisotopic (exact) mass is 266 g/mol. The predicted octanol–water partition coefficient (Wildman–Crippen LogP) is 3.41. The van der Waals surface area contributed by atoms with Crippen molar-refractivity contribution in [2.75, 3.05) is 5.32 Å². The third-order valence-electron chi connectivity index (χ3n) is 3.86. The van der Waals surface area contributed by atoms with Gasteiger partial charge in [-0.05, 0) is 55.0 Å². The molecule has 3 rings (SSSR count). The molecule has 0 heterocycles. The molecule has 0 fully saturated rings. The van der Waals surface area contributed by atoms with Crippen molar-refractivity contribution in [3.63, 3.8) is 0 Å². The minimum Gasteiger partial charge on any atom is -0.366 e. The van der Waals surface area contributed by atoms with Crippen molar-refractivity contribution in [2.24, 2.45) is 5.73 Å². The highest BCUT2D eigenvalue weighted by molar-refractivity contribution is 5.99. The molecule has 0 bridgehead atoms. The number of rotatable bonds is 3. The molecule has 0 aromatic heterocycles. The Kier molecular flexibility index (Phi) is 3.42. The Morgan fingerprint density at radius 2 is 1.70 bits per heavy atom. The molecule has 0 saturated carbocycles. The highest BCUT2D eigenvalue weighted by atomic mass is 16.1. The maximum atomic E-state index is 11.5. The molecular formula is C17H18N2O. The Morgan fingerprint density at radius 3 is 2.55 bits per heavy atom. The number of hydrogen-bond acceptors (Lipinski definition) is 2. The first-order valence-electron chi connectivity index (χ1n) is 7.02. The molecule has 0 atom stereocenters. The van der Waals surface area contributed by atoms with E-state index in [9.17, 15) is 4.79 Å². The van der Waals surface area contributed by atoms with Crippen molar-refractivity contribution >= 4 is 17.3 Å². The van der Waals surface area contributed by atoms with E-state index in [1.807, 2.05) is 18.2 Å². The van der Waals surface area contributed by atoms with Crippen LogP contribution in [0.2, 0.25) is 0 Å². The summed E-state index contributed by atoms with van der Waals surface area (Å²) in [6.07, 6.45) is 4.72. The second-order valence-corrected chi connectivity index (χ2v) is 5.19. The number of nitrogens with two attached hydrogens (primary N) is 1. The largest absolute Gasteiger partial charge is 0.366 e. The van der Waals surface area contributed by atoms with Crippen LogP contribution >= 0.6 is 0 Å². The van der Waals surface area contributed by atoms with Gasteiger partial charge in [-0.1, -0.05) is 24.3 Å². The van der Waals surface area contributed by atoms with Crippen molar-refractivity contribution in [2.45, 2.75) is 25.7 Å². The fourth-order valence-electron chi connectivity index (χ4n) is 2.85. The van der Waals surface area contributed by atoms with Crippen LogP contribution in [0.3, 0.4) is 0 Å². The summed E-state index contributed by atoms with van der Waals surface area (Å²) in [7, 11) is 0. The Hall–Kier alpha value is -2.29. The molecule has 0 saturated heterocycles. The predicted molar refractivity (Wildman–Crippen MR) is 81.3 cm³/mol. The van der Waals surface area contributed by atoms with Crippen LogP contribution in [0, 0.1) is 0 Å². The average Bonchev–Trinajstić information content (AvgIpc) is 2.48. The van der Waals surface area contributed by atoms with E-state index in [1.165, 1.54) is 24.0 Å². The molecule has 3 nitrogen and oxygen atoms in total. The quantitative estimate of drug-likeness (QED) is 0.894. The highest BCUT2D eigenvalue weighted by Crippen LogP contribution is 2.30. The molecule has 1 aliphatic rings. The van der Waals surface area contributed by atoms with Gasteiger partial charge < -0.3 is 11.1 Å². The zero-order valence-corrected chi connectivity index (χ0v) is 11.4. The lowest BCUT2D eigenvalue weighted by atomic mass is 9.90. The molecule has 3 N–H and O–H groups in total. The Bertz CT molecular complexity index is 649. The molecule has 2 aromatic rings. The lowest BCUT2D eigenvalue weighted by Gasteiger charge is -2.20. The molecule has 1 aliphatic carbocycles. The van der Waals surface area contributed by atoms with E-state index in [2.05, 4.69) is 23.5 Å². The van der Waals surface area contributed by atoms with Crippen LogP contribution in [0.25, 0.3) is 0 Å². The van der Waals surface area contributed by atoms with Gasteiger partial charge in [0.05, 0.1) is 11.3 Å². The van der Waals surface area contributed by atoms with Crippen molar-refractivity contribution in [1.29, 1.82) is 0 Å². The average molecular weight is 266 g/mol. The third-order valence-corrected chi connectivity index (χ3v) is 3.86. The van der Waals surface area contributed by atoms with Crippen LogP contribution in [0.15, 0.2) is 42.5 Å². The fraction of sp³-hybridized carbons (Fsp3) is 0.235. The Morgan fingerprint density at radius 1 is 0.950 bits per heavy atom. The zero-order chi connectivity index (χ0) is 13.9. The first-order chi connectivity index (χ1) is 9.75. The number of hydrogen-bond donors (Lipinski definition) is 2. The van der Waals surface area contributed by atoms with Crippen LogP contribution < -0.4 is 11.1 Å². The fourth-order valence-corrected chi connectivity index (χ4v) is 2.85. The summed E-state index contributed by atoms with van der Waals surface area (Å²) in [6, 6.07) is 13.7. The molecule has 1 amide bonds. The number of carbonyl (C=O) groups excluding carboxylic acids is 1. The Balaban J connectivity index is 1.98. The molecule has 0 spiro atoms. The van der Waals surface area contributed by atoms with E-state index in [4.69, 9.17) is 5.73 Å². The molecule has 3 heteroatoms. The van der Waals surface area contributed by atoms with E-state index in [0.29, 0.717) is 5.56 Å². The summed E-state index contributed by atoms with van der Waals surface area (Å²) < 4.78 is 0. The summed E-state index contributed by atoms with van der Waals surface area (Å²) in [5.74, 6) is -0.405. The maximum absolute atomic E-state index is 11.5. The summed E-state index contributed by atoms with van der Waals surface area (Å²) in [5, 5.41) is 3.38. The standard InChI is InChI=1S/C17H18N2O/c18-17(20)14-9-3-4-10-16(14)19-15-11-5-7-12-6-1-2-8-13(12)15/h3-5,7,9-11,19H,1-2,6,8H2,(H2,18,20). The van der Waals surface area contributed by atoms with Crippen molar-refractivity contribution in [1.82, 2.24) is 0 Å². The lowest BCUT2D eigenvalue weighted by Crippen LogP contribution is -2.14. The van der Waals surface area contributed by atoms with Crippen LogP contribution in [0.5, 0.6) is 0 Å². The number of amides is 1. The molecule has 2 aromatic carbocycles. The summed E-state index contributed by atoms with van der Waals surface area (Å²) in [4.78, 5) is 11.5. The smallest absolute Gasteiger partial charge is 0.250 e. The molecule has 102 valence electrons. The molecular weight excluding hydrogens is 248 g/mol. The third kappa shape index (κ3) is 2.39. The van der Waals surface area contributed by atoms with Gasteiger partial charge in [0.25, 0.3) is 5.91 Å². The van der Waals surface area contributed by atoms with Gasteiger partial charge in [-0.15, -0.1) is 0 Å². The van der Waals surface area contributed by atoms with Gasteiger partial charge >= 0.3 is 0 Å². The van der Waals surface area contributed by atoms with Crippen LogP contribution in [-0.4, -0.2) is 5.91 Å². The van der Waals surface area contributed by atoms with Gasteiger partial charge in [0.15, 0.2) is 0 Å². The minimum atomic E-state index is -0.405. The van der Waals surface area contributed by atoms with Gasteiger partial charge in [0, 0.05) is 5.69 Å². The molecule has 0 unspecified atom stereocenters. The second-order valence-electron chi connectivity index (χ2n) is 5.19. The first-order valence-corrected chi connectivity index (χ1v) is 7.02. The molecule has 0 radical (unpaired) electrons. The Labute approximate surface area is 118 Å². The highest BCUT2D eigenvalue weighted by Gasteiger charge is 2.14. The second kappa shape index (κ2) is 5.37. The van der Waals surface area contributed by atoms with E-state index in [-0.39, 0.29) is 0 Å². The van der Waals surface area contributed by atoms with Gasteiger partial charge in [0.2, 0.25) is 0 Å². The lowest BCUT2D eigenvalue weighted by molar-refractivity contribution is 0.100. The first kappa shape index (κ1) is 12.7. The van der Waals surface area contributed by atoms with Crippen LogP contribution in [-0.2, 0) is 12.8 Å². The van der Waals surface area contributed by atoms with Gasteiger partial charge in [-0.2, -0.15) is 0 Å². The van der Waals surface area contributed by atoms with Gasteiger partial charge in [-0.3, -0.25) is 4.79 Å². The van der Waals surface area contributed by atoms with Gasteiger partial charge in [0.1, 0.15) is 0 Å². The van der Waals surface area contributed by atoms with E-state index in [1.54, 1.807) is 6.07 Å². The van der Waals surface area contributed by atoms with E-state index < -0.39 is 5.91 Å². The number of anilines is 2.